The Kier molecular flexibility index (Phi) is 6.97. The van der Waals surface area contributed by atoms with Gasteiger partial charge in [-0.1, -0.05) is 19.9 Å². The number of ether oxygens (including phenoxy) is 1. The van der Waals surface area contributed by atoms with Crippen LogP contribution in [0.1, 0.15) is 27.2 Å². The Balaban J connectivity index is 2.34. The second-order valence-electron chi connectivity index (χ2n) is 4.44. The zero-order valence-electron chi connectivity index (χ0n) is 12.1. The zero-order valence-corrected chi connectivity index (χ0v) is 12.1. The van der Waals surface area contributed by atoms with Crippen molar-refractivity contribution in [2.75, 3.05) is 31.6 Å². The highest BCUT2D eigenvalue weighted by Crippen LogP contribution is 2.17. The molecule has 1 aromatic rings. The molecule has 0 fully saturated rings. The number of amides is 1. The number of benzene rings is 1. The molecule has 106 valence electrons. The number of nitrogens with one attached hydrogen (secondary N) is 1. The van der Waals surface area contributed by atoms with E-state index in [-0.39, 0.29) is 5.91 Å². The quantitative estimate of drug-likeness (QED) is 0.734. The van der Waals surface area contributed by atoms with E-state index in [1.165, 1.54) is 6.92 Å². The van der Waals surface area contributed by atoms with Crippen LogP contribution in [-0.4, -0.2) is 37.0 Å². The molecule has 19 heavy (non-hydrogen) atoms. The van der Waals surface area contributed by atoms with Crippen molar-refractivity contribution in [1.82, 2.24) is 4.90 Å². The molecule has 1 aromatic carbocycles. The van der Waals surface area contributed by atoms with Crippen LogP contribution in [0.5, 0.6) is 5.75 Å². The normalized spacial score (nSPS) is 10.5. The average Bonchev–Trinajstić information content (AvgIpc) is 2.38. The maximum atomic E-state index is 11.0. The van der Waals surface area contributed by atoms with Crippen LogP contribution in [-0.2, 0) is 4.79 Å². The third kappa shape index (κ3) is 6.25. The van der Waals surface area contributed by atoms with Crippen molar-refractivity contribution in [2.45, 2.75) is 27.2 Å². The number of rotatable bonds is 8. The first-order chi connectivity index (χ1) is 9.15. The number of hydrogen-bond acceptors (Lipinski definition) is 3. The van der Waals surface area contributed by atoms with E-state index in [0.29, 0.717) is 6.61 Å². The van der Waals surface area contributed by atoms with Crippen molar-refractivity contribution in [1.29, 1.82) is 0 Å². The summed E-state index contributed by atoms with van der Waals surface area (Å²) in [5, 5.41) is 2.74. The number of anilines is 1. The molecule has 4 nitrogen and oxygen atoms in total. The molecule has 1 N–H and O–H groups in total. The number of carbonyl (C=O) groups excluding carboxylic acids is 1. The molecule has 0 bridgehead atoms. The minimum atomic E-state index is -0.0707. The van der Waals surface area contributed by atoms with Crippen LogP contribution in [0.15, 0.2) is 24.3 Å². The highest BCUT2D eigenvalue weighted by molar-refractivity contribution is 5.88. The second-order valence-corrected chi connectivity index (χ2v) is 4.44. The minimum Gasteiger partial charge on any atom is -0.493 e. The van der Waals surface area contributed by atoms with Crippen LogP contribution in [0.2, 0.25) is 0 Å². The molecule has 0 aromatic heterocycles. The lowest BCUT2D eigenvalue weighted by molar-refractivity contribution is -0.114. The van der Waals surface area contributed by atoms with Crippen LogP contribution >= 0.6 is 0 Å². The molecule has 0 atom stereocenters. The smallest absolute Gasteiger partial charge is 0.221 e. The molecular formula is C15H24N2O2. The van der Waals surface area contributed by atoms with Crippen molar-refractivity contribution in [2.24, 2.45) is 0 Å². The van der Waals surface area contributed by atoms with Gasteiger partial charge in [0.15, 0.2) is 0 Å². The van der Waals surface area contributed by atoms with Crippen molar-refractivity contribution in [3.63, 3.8) is 0 Å². The second kappa shape index (κ2) is 8.53. The van der Waals surface area contributed by atoms with Gasteiger partial charge in [0.1, 0.15) is 5.75 Å². The van der Waals surface area contributed by atoms with Gasteiger partial charge in [-0.15, -0.1) is 0 Å². The van der Waals surface area contributed by atoms with Gasteiger partial charge in [-0.3, -0.25) is 4.79 Å². The Bertz CT molecular complexity index is 389. The molecule has 1 amide bonds. The Morgan fingerprint density at radius 1 is 1.32 bits per heavy atom. The SMILES string of the molecule is CCN(CC)CCCOc1cccc(NC(C)=O)c1. The number of nitrogens with zero attached hydrogens (tertiary/aromatic N) is 1. The summed E-state index contributed by atoms with van der Waals surface area (Å²) in [6.45, 7) is 9.74. The largest absolute Gasteiger partial charge is 0.493 e. The van der Waals surface area contributed by atoms with E-state index < -0.39 is 0 Å². The lowest BCUT2D eigenvalue weighted by Crippen LogP contribution is -2.25. The Hall–Kier alpha value is -1.55. The predicted molar refractivity (Wildman–Crippen MR) is 78.6 cm³/mol. The summed E-state index contributed by atoms with van der Waals surface area (Å²) < 4.78 is 5.69. The van der Waals surface area contributed by atoms with E-state index in [4.69, 9.17) is 4.74 Å². The number of hydrogen-bond donors (Lipinski definition) is 1. The monoisotopic (exact) mass is 264 g/mol. The minimum absolute atomic E-state index is 0.0707. The topological polar surface area (TPSA) is 41.6 Å². The summed E-state index contributed by atoms with van der Waals surface area (Å²) in [4.78, 5) is 13.3. The molecule has 0 unspecified atom stereocenters. The van der Waals surface area contributed by atoms with Crippen LogP contribution in [0.3, 0.4) is 0 Å². The molecule has 0 aliphatic heterocycles. The Morgan fingerprint density at radius 3 is 2.68 bits per heavy atom. The molecule has 1 rings (SSSR count). The van der Waals surface area contributed by atoms with Gasteiger partial charge in [0, 0.05) is 25.2 Å². The first-order valence-electron chi connectivity index (χ1n) is 6.88. The molecule has 0 heterocycles. The van der Waals surface area contributed by atoms with Gasteiger partial charge in [0.2, 0.25) is 5.91 Å². The summed E-state index contributed by atoms with van der Waals surface area (Å²) in [6, 6.07) is 7.48. The zero-order chi connectivity index (χ0) is 14.1. The van der Waals surface area contributed by atoms with Gasteiger partial charge in [-0.2, -0.15) is 0 Å². The van der Waals surface area contributed by atoms with Crippen LogP contribution in [0.4, 0.5) is 5.69 Å². The molecule has 0 aliphatic rings. The van der Waals surface area contributed by atoms with Gasteiger partial charge >= 0.3 is 0 Å². The van der Waals surface area contributed by atoms with Crippen molar-refractivity contribution < 1.29 is 9.53 Å². The van der Waals surface area contributed by atoms with E-state index in [9.17, 15) is 4.79 Å². The van der Waals surface area contributed by atoms with Crippen LogP contribution < -0.4 is 10.1 Å². The summed E-state index contributed by atoms with van der Waals surface area (Å²) in [7, 11) is 0. The van der Waals surface area contributed by atoms with Gasteiger partial charge < -0.3 is 15.0 Å². The van der Waals surface area contributed by atoms with E-state index in [0.717, 1.165) is 37.5 Å². The summed E-state index contributed by atoms with van der Waals surface area (Å²) in [6.07, 6.45) is 1.01. The molecule has 0 aliphatic carbocycles. The van der Waals surface area contributed by atoms with Gasteiger partial charge in [0.05, 0.1) is 6.61 Å². The highest BCUT2D eigenvalue weighted by Gasteiger charge is 2.01. The fourth-order valence-electron chi connectivity index (χ4n) is 1.88. The standard InChI is InChI=1S/C15H24N2O2/c1-4-17(5-2)10-7-11-19-15-9-6-8-14(12-15)16-13(3)18/h6,8-9,12H,4-5,7,10-11H2,1-3H3,(H,16,18). The first kappa shape index (κ1) is 15.5. The van der Waals surface area contributed by atoms with Crippen molar-refractivity contribution in [3.05, 3.63) is 24.3 Å². The summed E-state index contributed by atoms with van der Waals surface area (Å²) in [5.41, 5.74) is 0.772. The fraction of sp³-hybridized carbons (Fsp3) is 0.533. The maximum absolute atomic E-state index is 11.0. The van der Waals surface area contributed by atoms with Crippen molar-refractivity contribution in [3.8, 4) is 5.75 Å². The van der Waals surface area contributed by atoms with E-state index in [1.807, 2.05) is 24.3 Å². The molecule has 0 radical (unpaired) electrons. The number of carbonyl (C=O) groups is 1. The van der Waals surface area contributed by atoms with Gasteiger partial charge in [-0.05, 0) is 31.6 Å². The van der Waals surface area contributed by atoms with Crippen LogP contribution in [0.25, 0.3) is 0 Å². The van der Waals surface area contributed by atoms with Crippen molar-refractivity contribution >= 4 is 11.6 Å². The van der Waals surface area contributed by atoms with Crippen LogP contribution in [0, 0.1) is 0 Å². The van der Waals surface area contributed by atoms with E-state index in [1.54, 1.807) is 0 Å². The Labute approximate surface area is 115 Å². The van der Waals surface area contributed by atoms with E-state index in [2.05, 4.69) is 24.1 Å². The summed E-state index contributed by atoms with van der Waals surface area (Å²) in [5.74, 6) is 0.726. The van der Waals surface area contributed by atoms with E-state index >= 15 is 0 Å². The lowest BCUT2D eigenvalue weighted by atomic mass is 10.3. The van der Waals surface area contributed by atoms with Gasteiger partial charge in [-0.25, -0.2) is 0 Å². The predicted octanol–water partition coefficient (Wildman–Crippen LogP) is 2.76. The fourth-order valence-corrected chi connectivity index (χ4v) is 1.88. The molecule has 0 spiro atoms. The third-order valence-electron chi connectivity index (χ3n) is 2.94. The molecule has 4 heteroatoms. The summed E-state index contributed by atoms with van der Waals surface area (Å²) >= 11 is 0. The molecule has 0 saturated carbocycles. The highest BCUT2D eigenvalue weighted by atomic mass is 16.5. The Morgan fingerprint density at radius 2 is 2.05 bits per heavy atom. The third-order valence-corrected chi connectivity index (χ3v) is 2.94. The first-order valence-corrected chi connectivity index (χ1v) is 6.88. The average molecular weight is 264 g/mol. The molecular weight excluding hydrogens is 240 g/mol. The molecule has 0 saturated heterocycles. The van der Waals surface area contributed by atoms with Gasteiger partial charge in [0.25, 0.3) is 0 Å². The maximum Gasteiger partial charge on any atom is 0.221 e. The lowest BCUT2D eigenvalue weighted by Gasteiger charge is -2.17.